The standard InChI is InChI=1S/C18H21N/c1-3-18(19)12(2)13-8-9-17-15(10-13)11-14-6-4-5-7-16(14)17/h4-10,12,18H,3,11,19H2,1-2H3. The van der Waals surface area contributed by atoms with Gasteiger partial charge >= 0.3 is 0 Å². The van der Waals surface area contributed by atoms with Gasteiger partial charge in [0.05, 0.1) is 0 Å². The molecule has 3 rings (SSSR count). The van der Waals surface area contributed by atoms with Gasteiger partial charge in [-0.25, -0.2) is 0 Å². The topological polar surface area (TPSA) is 26.0 Å². The van der Waals surface area contributed by atoms with Gasteiger partial charge in [0.2, 0.25) is 0 Å². The lowest BCUT2D eigenvalue weighted by atomic mass is 9.90. The van der Waals surface area contributed by atoms with Crippen LogP contribution >= 0.6 is 0 Å². The minimum Gasteiger partial charge on any atom is -0.327 e. The summed E-state index contributed by atoms with van der Waals surface area (Å²) in [5.41, 5.74) is 13.3. The Bertz CT molecular complexity index is 600. The zero-order valence-corrected chi connectivity index (χ0v) is 11.7. The summed E-state index contributed by atoms with van der Waals surface area (Å²) in [6, 6.07) is 15.8. The van der Waals surface area contributed by atoms with Crippen molar-refractivity contribution in [3.05, 3.63) is 59.2 Å². The molecule has 0 saturated carbocycles. The summed E-state index contributed by atoms with van der Waals surface area (Å²) in [5.74, 6) is 0.430. The monoisotopic (exact) mass is 251 g/mol. The Kier molecular flexibility index (Phi) is 3.16. The molecular weight excluding hydrogens is 230 g/mol. The van der Waals surface area contributed by atoms with Crippen LogP contribution in [0.1, 0.15) is 42.9 Å². The van der Waals surface area contributed by atoms with Crippen LogP contribution in [0.25, 0.3) is 11.1 Å². The molecule has 98 valence electrons. The number of fused-ring (bicyclic) bond motifs is 3. The van der Waals surface area contributed by atoms with Crippen molar-refractivity contribution in [2.24, 2.45) is 5.73 Å². The lowest BCUT2D eigenvalue weighted by Crippen LogP contribution is -2.25. The van der Waals surface area contributed by atoms with Gasteiger partial charge in [-0.15, -0.1) is 0 Å². The third kappa shape index (κ3) is 2.08. The first-order chi connectivity index (χ1) is 9.20. The van der Waals surface area contributed by atoms with E-state index in [9.17, 15) is 0 Å². The predicted octanol–water partition coefficient (Wildman–Crippen LogP) is 4.10. The first-order valence-electron chi connectivity index (χ1n) is 7.17. The van der Waals surface area contributed by atoms with Crippen molar-refractivity contribution < 1.29 is 0 Å². The van der Waals surface area contributed by atoms with E-state index in [-0.39, 0.29) is 6.04 Å². The molecule has 0 radical (unpaired) electrons. The highest BCUT2D eigenvalue weighted by molar-refractivity contribution is 5.77. The van der Waals surface area contributed by atoms with Gasteiger partial charge in [0, 0.05) is 6.04 Å². The van der Waals surface area contributed by atoms with E-state index in [1.54, 1.807) is 0 Å². The number of hydrogen-bond donors (Lipinski definition) is 1. The Balaban J connectivity index is 1.98. The van der Waals surface area contributed by atoms with Crippen LogP contribution in [0, 0.1) is 0 Å². The van der Waals surface area contributed by atoms with Gasteiger partial charge in [-0.05, 0) is 46.6 Å². The zero-order valence-electron chi connectivity index (χ0n) is 11.7. The van der Waals surface area contributed by atoms with Crippen LogP contribution in [0.15, 0.2) is 42.5 Å². The molecular formula is C18H21N. The van der Waals surface area contributed by atoms with Crippen LogP contribution in [-0.2, 0) is 6.42 Å². The van der Waals surface area contributed by atoms with Crippen molar-refractivity contribution in [1.29, 1.82) is 0 Å². The third-order valence-corrected chi connectivity index (χ3v) is 4.46. The SMILES string of the molecule is CCC(N)C(C)c1ccc2c(c1)Cc1ccccc1-2. The normalized spacial score (nSPS) is 15.7. The van der Waals surface area contributed by atoms with Crippen LogP contribution < -0.4 is 5.73 Å². The van der Waals surface area contributed by atoms with Crippen molar-refractivity contribution in [2.75, 3.05) is 0 Å². The molecule has 0 fully saturated rings. The lowest BCUT2D eigenvalue weighted by Gasteiger charge is -2.19. The predicted molar refractivity (Wildman–Crippen MR) is 81.4 cm³/mol. The van der Waals surface area contributed by atoms with Crippen LogP contribution in [-0.4, -0.2) is 6.04 Å². The highest BCUT2D eigenvalue weighted by Gasteiger charge is 2.20. The number of benzene rings is 2. The van der Waals surface area contributed by atoms with Crippen LogP contribution in [0.2, 0.25) is 0 Å². The molecule has 1 aliphatic carbocycles. The lowest BCUT2D eigenvalue weighted by molar-refractivity contribution is 0.551. The minimum absolute atomic E-state index is 0.252. The number of rotatable bonds is 3. The number of hydrogen-bond acceptors (Lipinski definition) is 1. The molecule has 1 nitrogen and oxygen atoms in total. The molecule has 0 aliphatic heterocycles. The largest absolute Gasteiger partial charge is 0.327 e. The summed E-state index contributed by atoms with van der Waals surface area (Å²) in [7, 11) is 0. The summed E-state index contributed by atoms with van der Waals surface area (Å²) in [5, 5.41) is 0. The van der Waals surface area contributed by atoms with E-state index in [2.05, 4.69) is 56.3 Å². The van der Waals surface area contributed by atoms with Crippen LogP contribution in [0.4, 0.5) is 0 Å². The highest BCUT2D eigenvalue weighted by atomic mass is 14.6. The van der Waals surface area contributed by atoms with Crippen molar-refractivity contribution in [3.8, 4) is 11.1 Å². The Morgan fingerprint density at radius 3 is 2.58 bits per heavy atom. The molecule has 2 N–H and O–H groups in total. The van der Waals surface area contributed by atoms with E-state index in [0.29, 0.717) is 5.92 Å². The number of nitrogens with two attached hydrogens (primary N) is 1. The Morgan fingerprint density at radius 1 is 1.05 bits per heavy atom. The van der Waals surface area contributed by atoms with Crippen molar-refractivity contribution in [1.82, 2.24) is 0 Å². The molecule has 0 aromatic heterocycles. The summed E-state index contributed by atoms with van der Waals surface area (Å²) >= 11 is 0. The fourth-order valence-electron chi connectivity index (χ4n) is 3.05. The Labute approximate surface area is 115 Å². The average Bonchev–Trinajstić information content (AvgIpc) is 2.83. The van der Waals surface area contributed by atoms with Gasteiger partial charge in [-0.2, -0.15) is 0 Å². The second kappa shape index (κ2) is 4.82. The van der Waals surface area contributed by atoms with E-state index in [1.165, 1.54) is 27.8 Å². The fourth-order valence-corrected chi connectivity index (χ4v) is 3.05. The van der Waals surface area contributed by atoms with Crippen LogP contribution in [0.5, 0.6) is 0 Å². The van der Waals surface area contributed by atoms with E-state index >= 15 is 0 Å². The van der Waals surface area contributed by atoms with Gasteiger partial charge in [0.25, 0.3) is 0 Å². The van der Waals surface area contributed by atoms with E-state index in [1.807, 2.05) is 0 Å². The molecule has 2 aromatic carbocycles. The summed E-state index contributed by atoms with van der Waals surface area (Å²) in [6.45, 7) is 4.39. The molecule has 2 atom stereocenters. The smallest absolute Gasteiger partial charge is 0.0103 e. The second-order valence-electron chi connectivity index (χ2n) is 5.61. The Hall–Kier alpha value is -1.60. The van der Waals surface area contributed by atoms with Crippen molar-refractivity contribution >= 4 is 0 Å². The molecule has 0 bridgehead atoms. The van der Waals surface area contributed by atoms with E-state index in [4.69, 9.17) is 5.73 Å². The molecule has 1 aliphatic rings. The van der Waals surface area contributed by atoms with E-state index < -0.39 is 0 Å². The van der Waals surface area contributed by atoms with Crippen LogP contribution in [0.3, 0.4) is 0 Å². The van der Waals surface area contributed by atoms with Gasteiger partial charge in [-0.3, -0.25) is 0 Å². The highest BCUT2D eigenvalue weighted by Crippen LogP contribution is 2.38. The average molecular weight is 251 g/mol. The second-order valence-corrected chi connectivity index (χ2v) is 5.61. The van der Waals surface area contributed by atoms with Crippen molar-refractivity contribution in [2.45, 2.75) is 38.6 Å². The Morgan fingerprint density at radius 2 is 1.79 bits per heavy atom. The zero-order chi connectivity index (χ0) is 13.4. The minimum atomic E-state index is 0.252. The van der Waals surface area contributed by atoms with E-state index in [0.717, 1.165) is 12.8 Å². The van der Waals surface area contributed by atoms with Gasteiger partial charge in [0.15, 0.2) is 0 Å². The first kappa shape index (κ1) is 12.4. The molecule has 0 saturated heterocycles. The maximum atomic E-state index is 6.18. The third-order valence-electron chi connectivity index (χ3n) is 4.46. The molecule has 0 heterocycles. The molecule has 0 spiro atoms. The molecule has 2 aromatic rings. The molecule has 19 heavy (non-hydrogen) atoms. The van der Waals surface area contributed by atoms with Gasteiger partial charge in [0.1, 0.15) is 0 Å². The molecule has 2 unspecified atom stereocenters. The van der Waals surface area contributed by atoms with Gasteiger partial charge in [-0.1, -0.05) is 56.3 Å². The fraction of sp³-hybridized carbons (Fsp3) is 0.333. The molecule has 0 amide bonds. The summed E-state index contributed by atoms with van der Waals surface area (Å²) < 4.78 is 0. The summed E-state index contributed by atoms with van der Waals surface area (Å²) in [4.78, 5) is 0. The maximum absolute atomic E-state index is 6.18. The van der Waals surface area contributed by atoms with Crippen molar-refractivity contribution in [3.63, 3.8) is 0 Å². The van der Waals surface area contributed by atoms with Gasteiger partial charge < -0.3 is 5.73 Å². The quantitative estimate of drug-likeness (QED) is 0.745. The maximum Gasteiger partial charge on any atom is 0.0103 e. The molecule has 1 heteroatoms. The summed E-state index contributed by atoms with van der Waals surface area (Å²) in [6.07, 6.45) is 2.09. The first-order valence-corrected chi connectivity index (χ1v) is 7.17.